The summed E-state index contributed by atoms with van der Waals surface area (Å²) in [6, 6.07) is 0. The van der Waals surface area contributed by atoms with Crippen molar-refractivity contribution in [1.29, 1.82) is 0 Å². The second-order valence-corrected chi connectivity index (χ2v) is 15.5. The fourth-order valence-electron chi connectivity index (χ4n) is 12.1. The van der Waals surface area contributed by atoms with Crippen LogP contribution in [0, 0.1) is 56.7 Å². The Bertz CT molecular complexity index is 903. The maximum atomic E-state index is 12.7. The van der Waals surface area contributed by atoms with Crippen LogP contribution in [0.1, 0.15) is 120 Å². The minimum Gasteiger partial charge on any atom is -0.382 e. The molecule has 0 aromatic heterocycles. The molecule has 0 amide bonds. The summed E-state index contributed by atoms with van der Waals surface area (Å²) in [5.41, 5.74) is 1.32. The molecular formula is C32H52O2. The summed E-state index contributed by atoms with van der Waals surface area (Å²) in [6.45, 7) is 23.3. The predicted octanol–water partition coefficient (Wildman–Crippen LogP) is 7.98. The fourth-order valence-corrected chi connectivity index (χ4v) is 12.1. The van der Waals surface area contributed by atoms with E-state index in [1.165, 1.54) is 50.5 Å². The summed E-state index contributed by atoms with van der Waals surface area (Å²) >= 11 is 0. The van der Waals surface area contributed by atoms with E-state index in [1.54, 1.807) is 6.92 Å². The van der Waals surface area contributed by atoms with Gasteiger partial charge in [-0.15, -0.1) is 0 Å². The molecule has 0 heterocycles. The van der Waals surface area contributed by atoms with Gasteiger partial charge in [0.05, 0.1) is 0 Å². The molecular weight excluding hydrogens is 416 g/mol. The zero-order chi connectivity index (χ0) is 25.1. The van der Waals surface area contributed by atoms with Crippen molar-refractivity contribution in [2.45, 2.75) is 125 Å². The van der Waals surface area contributed by atoms with Gasteiger partial charge in [0, 0.05) is 5.41 Å². The number of aliphatic hydroxyl groups is 1. The Morgan fingerprint density at radius 3 is 2.06 bits per heavy atom. The lowest BCUT2D eigenvalue weighted by molar-refractivity contribution is -0.259. The molecule has 0 bridgehead atoms. The standard InChI is InChI=1S/C32H52O2/c1-20(2)22-12-14-28(6)16-18-30(8)23(26(22)28)10-11-25-29(7)17-19-32(34,21(3)33)27(4,5)24(29)13-15-31(25,30)9/h22-26,34H,1,10-19H2,2-9H3/t22-,23+,24-,25+,26+,28+,29-,30+,31+,32+/m0/s1. The van der Waals surface area contributed by atoms with Crippen molar-refractivity contribution in [3.05, 3.63) is 12.2 Å². The van der Waals surface area contributed by atoms with Gasteiger partial charge in [-0.3, -0.25) is 4.79 Å². The normalized spacial score (nSPS) is 56.0. The average molecular weight is 469 g/mol. The maximum absolute atomic E-state index is 12.7. The molecule has 2 heteroatoms. The summed E-state index contributed by atoms with van der Waals surface area (Å²) in [5, 5.41) is 11.6. The van der Waals surface area contributed by atoms with Crippen LogP contribution < -0.4 is 0 Å². The molecule has 5 aliphatic carbocycles. The van der Waals surface area contributed by atoms with Gasteiger partial charge in [-0.05, 0) is 129 Å². The molecule has 192 valence electrons. The van der Waals surface area contributed by atoms with Gasteiger partial charge in [-0.1, -0.05) is 53.7 Å². The van der Waals surface area contributed by atoms with Gasteiger partial charge in [0.2, 0.25) is 0 Å². The molecule has 1 N–H and O–H groups in total. The molecule has 0 saturated heterocycles. The van der Waals surface area contributed by atoms with E-state index >= 15 is 0 Å². The van der Waals surface area contributed by atoms with Gasteiger partial charge in [0.1, 0.15) is 5.60 Å². The van der Waals surface area contributed by atoms with Gasteiger partial charge >= 0.3 is 0 Å². The van der Waals surface area contributed by atoms with Gasteiger partial charge in [-0.2, -0.15) is 0 Å². The highest BCUT2D eigenvalue weighted by atomic mass is 16.3. The van der Waals surface area contributed by atoms with Crippen LogP contribution in [0.15, 0.2) is 12.2 Å². The second-order valence-electron chi connectivity index (χ2n) is 15.5. The third-order valence-electron chi connectivity index (χ3n) is 14.3. The van der Waals surface area contributed by atoms with Crippen molar-refractivity contribution in [2.24, 2.45) is 56.7 Å². The monoisotopic (exact) mass is 468 g/mol. The average Bonchev–Trinajstić information content (AvgIpc) is 3.09. The van der Waals surface area contributed by atoms with Gasteiger partial charge in [0.15, 0.2) is 5.78 Å². The third kappa shape index (κ3) is 2.76. The summed E-state index contributed by atoms with van der Waals surface area (Å²) < 4.78 is 0. The quantitative estimate of drug-likeness (QED) is 0.417. The zero-order valence-electron chi connectivity index (χ0n) is 23.5. The van der Waals surface area contributed by atoms with Crippen LogP contribution in [0.4, 0.5) is 0 Å². The highest BCUT2D eigenvalue weighted by Crippen LogP contribution is 2.78. The number of carbonyl (C=O) groups is 1. The number of hydrogen-bond acceptors (Lipinski definition) is 2. The van der Waals surface area contributed by atoms with Gasteiger partial charge in [-0.25, -0.2) is 0 Å². The smallest absolute Gasteiger partial charge is 0.161 e. The third-order valence-corrected chi connectivity index (χ3v) is 14.3. The number of ketones is 1. The molecule has 0 aliphatic heterocycles. The Kier molecular flexibility index (Phi) is 5.33. The van der Waals surface area contributed by atoms with Crippen LogP contribution in [-0.4, -0.2) is 16.5 Å². The molecule has 0 unspecified atom stereocenters. The first-order chi connectivity index (χ1) is 15.6. The SMILES string of the molecule is C=C(C)[C@@H]1CC[C@]2(C)CC[C@]3(C)[C@H](CC[C@@H]4[C@@]5(C)CC[C@@](O)(C(C)=O)C(C)(C)[C@@H]5CC[C@]43C)[C@@H]12. The second kappa shape index (κ2) is 7.23. The first-order valence-electron chi connectivity index (χ1n) is 14.5. The van der Waals surface area contributed by atoms with Crippen LogP contribution >= 0.6 is 0 Å². The minimum atomic E-state index is -1.17. The Morgan fingerprint density at radius 1 is 0.765 bits per heavy atom. The Labute approximate surface area is 209 Å². The Hall–Kier alpha value is -0.630. The zero-order valence-corrected chi connectivity index (χ0v) is 23.5. The number of rotatable bonds is 2. The lowest BCUT2D eigenvalue weighted by Gasteiger charge is -2.73. The Morgan fingerprint density at radius 2 is 1.44 bits per heavy atom. The number of Topliss-reactive ketones (excluding diaryl/α,β-unsaturated/α-hetero) is 1. The highest BCUT2D eigenvalue weighted by molar-refractivity contribution is 5.86. The number of hydrogen-bond donors (Lipinski definition) is 1. The lowest BCUT2D eigenvalue weighted by atomic mass is 9.31. The largest absolute Gasteiger partial charge is 0.382 e. The van der Waals surface area contributed by atoms with Gasteiger partial charge < -0.3 is 5.11 Å². The summed E-state index contributed by atoms with van der Waals surface area (Å²) in [7, 11) is 0. The summed E-state index contributed by atoms with van der Waals surface area (Å²) in [6.07, 6.45) is 12.2. The number of carbonyl (C=O) groups excluding carboxylic acids is 1. The fraction of sp³-hybridized carbons (Fsp3) is 0.906. The molecule has 5 fully saturated rings. The maximum Gasteiger partial charge on any atom is 0.161 e. The Balaban J connectivity index is 1.54. The van der Waals surface area contributed by atoms with Crippen molar-refractivity contribution in [2.75, 3.05) is 0 Å². The van der Waals surface area contributed by atoms with Crippen molar-refractivity contribution < 1.29 is 9.90 Å². The highest BCUT2D eigenvalue weighted by Gasteiger charge is 2.72. The van der Waals surface area contributed by atoms with Crippen LogP contribution in [-0.2, 0) is 4.79 Å². The van der Waals surface area contributed by atoms with E-state index in [1.807, 2.05) is 0 Å². The van der Waals surface area contributed by atoms with Gasteiger partial charge in [0.25, 0.3) is 0 Å². The summed E-state index contributed by atoms with van der Waals surface area (Å²) in [4.78, 5) is 12.7. The molecule has 2 nitrogen and oxygen atoms in total. The van der Waals surface area contributed by atoms with Crippen molar-refractivity contribution in [3.8, 4) is 0 Å². The predicted molar refractivity (Wildman–Crippen MR) is 140 cm³/mol. The van der Waals surface area contributed by atoms with Crippen molar-refractivity contribution >= 4 is 5.78 Å². The molecule has 0 radical (unpaired) electrons. The molecule has 34 heavy (non-hydrogen) atoms. The molecule has 0 aromatic carbocycles. The van der Waals surface area contributed by atoms with Crippen LogP contribution in [0.2, 0.25) is 0 Å². The van der Waals surface area contributed by atoms with E-state index in [9.17, 15) is 9.90 Å². The van der Waals surface area contributed by atoms with Crippen molar-refractivity contribution in [3.63, 3.8) is 0 Å². The van der Waals surface area contributed by atoms with Crippen LogP contribution in [0.5, 0.6) is 0 Å². The van der Waals surface area contributed by atoms with E-state index in [4.69, 9.17) is 0 Å². The van der Waals surface area contributed by atoms with E-state index in [0.717, 1.165) is 24.7 Å². The van der Waals surface area contributed by atoms with Crippen LogP contribution in [0.25, 0.3) is 0 Å². The molecule has 5 rings (SSSR count). The summed E-state index contributed by atoms with van der Waals surface area (Å²) in [5.74, 6) is 3.39. The molecule has 5 saturated carbocycles. The molecule has 10 atom stereocenters. The topological polar surface area (TPSA) is 37.3 Å². The van der Waals surface area contributed by atoms with Crippen molar-refractivity contribution in [1.82, 2.24) is 0 Å². The first kappa shape index (κ1) is 25.0. The minimum absolute atomic E-state index is 0.0257. The first-order valence-corrected chi connectivity index (χ1v) is 14.5. The lowest BCUT2D eigenvalue weighted by Crippen LogP contribution is -2.69. The van der Waals surface area contributed by atoms with E-state index in [0.29, 0.717) is 40.4 Å². The van der Waals surface area contributed by atoms with E-state index in [-0.39, 0.29) is 16.6 Å². The van der Waals surface area contributed by atoms with E-state index in [2.05, 4.69) is 55.0 Å². The molecule has 5 aliphatic rings. The van der Waals surface area contributed by atoms with E-state index < -0.39 is 5.60 Å². The molecule has 0 aromatic rings. The molecule has 0 spiro atoms. The number of allylic oxidation sites excluding steroid dienone is 1. The van der Waals surface area contributed by atoms with Crippen LogP contribution in [0.3, 0.4) is 0 Å². The number of fused-ring (bicyclic) bond motifs is 7.